The van der Waals surface area contributed by atoms with Crippen molar-refractivity contribution in [1.29, 1.82) is 0 Å². The number of hydrogen-bond donors (Lipinski definition) is 0. The predicted molar refractivity (Wildman–Crippen MR) is 105 cm³/mol. The predicted octanol–water partition coefficient (Wildman–Crippen LogP) is 3.06. The first-order valence-electron chi connectivity index (χ1n) is 10.2. The number of carbonyl (C=O) groups excluding carboxylic acids is 1. The highest BCUT2D eigenvalue weighted by atomic mass is 16.2. The fourth-order valence-electron chi connectivity index (χ4n) is 5.40. The van der Waals surface area contributed by atoms with Gasteiger partial charge in [-0.15, -0.1) is 0 Å². The summed E-state index contributed by atoms with van der Waals surface area (Å²) < 4.78 is 0. The normalized spacial score (nSPS) is 26.1. The Kier molecular flexibility index (Phi) is 4.24. The quantitative estimate of drug-likeness (QED) is 0.843. The molecule has 1 aromatic carbocycles. The number of benzene rings is 1. The van der Waals surface area contributed by atoms with Crippen molar-refractivity contribution < 1.29 is 4.79 Å². The standard InChI is InChI=1S/C23H27N3O/c27-22-23(8-4-11-25(22)16-18-5-3-10-24-15-18)9-12-26(17-23)21-13-19-6-1-2-7-20(19)14-21/h1-3,5-7,10,15,21H,4,8-9,11-14,16-17H2. The molecule has 1 atom stereocenters. The van der Waals surface area contributed by atoms with E-state index in [9.17, 15) is 4.79 Å². The van der Waals surface area contributed by atoms with Gasteiger partial charge in [0.1, 0.15) is 0 Å². The number of piperidine rings is 1. The smallest absolute Gasteiger partial charge is 0.230 e. The first-order valence-corrected chi connectivity index (χ1v) is 10.2. The molecule has 1 spiro atoms. The van der Waals surface area contributed by atoms with Crippen LogP contribution >= 0.6 is 0 Å². The number of aromatic nitrogens is 1. The summed E-state index contributed by atoms with van der Waals surface area (Å²) >= 11 is 0. The van der Waals surface area contributed by atoms with E-state index in [1.807, 2.05) is 12.3 Å². The van der Waals surface area contributed by atoms with Crippen molar-refractivity contribution in [2.45, 2.75) is 44.7 Å². The number of fused-ring (bicyclic) bond motifs is 1. The largest absolute Gasteiger partial charge is 0.338 e. The molecule has 140 valence electrons. The molecule has 3 aliphatic rings. The Morgan fingerprint density at radius 3 is 2.59 bits per heavy atom. The van der Waals surface area contributed by atoms with Crippen LogP contribution in [0.1, 0.15) is 36.0 Å². The Labute approximate surface area is 161 Å². The zero-order valence-corrected chi connectivity index (χ0v) is 15.8. The molecule has 27 heavy (non-hydrogen) atoms. The lowest BCUT2D eigenvalue weighted by atomic mass is 9.78. The Bertz CT molecular complexity index is 812. The minimum Gasteiger partial charge on any atom is -0.338 e. The summed E-state index contributed by atoms with van der Waals surface area (Å²) in [5.41, 5.74) is 3.96. The van der Waals surface area contributed by atoms with Gasteiger partial charge in [-0.25, -0.2) is 0 Å². The number of carbonyl (C=O) groups is 1. The third kappa shape index (κ3) is 3.06. The second kappa shape index (κ2) is 6.75. The van der Waals surface area contributed by atoms with Crippen LogP contribution in [0.3, 0.4) is 0 Å². The highest BCUT2D eigenvalue weighted by Crippen LogP contribution is 2.42. The average molecular weight is 361 g/mol. The monoisotopic (exact) mass is 361 g/mol. The maximum atomic E-state index is 13.4. The average Bonchev–Trinajstić information content (AvgIpc) is 3.31. The zero-order chi connectivity index (χ0) is 18.3. The molecular formula is C23H27N3O. The summed E-state index contributed by atoms with van der Waals surface area (Å²) in [6, 6.07) is 13.4. The summed E-state index contributed by atoms with van der Waals surface area (Å²) in [7, 11) is 0. The third-order valence-corrected chi connectivity index (χ3v) is 6.85. The summed E-state index contributed by atoms with van der Waals surface area (Å²) in [6.45, 7) is 3.58. The van der Waals surface area contributed by atoms with E-state index in [0.717, 1.165) is 57.3 Å². The van der Waals surface area contributed by atoms with Gasteiger partial charge in [-0.2, -0.15) is 0 Å². The van der Waals surface area contributed by atoms with Crippen LogP contribution < -0.4 is 0 Å². The lowest BCUT2D eigenvalue weighted by molar-refractivity contribution is -0.146. The van der Waals surface area contributed by atoms with E-state index < -0.39 is 0 Å². The molecule has 4 heteroatoms. The molecule has 3 heterocycles. The van der Waals surface area contributed by atoms with Crippen molar-refractivity contribution in [1.82, 2.24) is 14.8 Å². The van der Waals surface area contributed by atoms with Gasteiger partial charge in [-0.05, 0) is 61.4 Å². The van der Waals surface area contributed by atoms with Crippen LogP contribution in [0.5, 0.6) is 0 Å². The Morgan fingerprint density at radius 2 is 1.85 bits per heavy atom. The van der Waals surface area contributed by atoms with Gasteiger partial charge in [0.15, 0.2) is 0 Å². The first-order chi connectivity index (χ1) is 13.2. The highest BCUT2D eigenvalue weighted by Gasteiger charge is 2.49. The third-order valence-electron chi connectivity index (χ3n) is 6.85. The van der Waals surface area contributed by atoms with Crippen LogP contribution in [0, 0.1) is 5.41 Å². The summed E-state index contributed by atoms with van der Waals surface area (Å²) in [5.74, 6) is 0.371. The Balaban J connectivity index is 1.28. The SMILES string of the molecule is O=C1N(Cc2cccnc2)CCCC12CCN(C1Cc3ccccc3C1)C2. The molecule has 0 saturated carbocycles. The molecule has 4 nitrogen and oxygen atoms in total. The van der Waals surface area contributed by atoms with Crippen molar-refractivity contribution in [2.75, 3.05) is 19.6 Å². The van der Waals surface area contributed by atoms with Crippen molar-refractivity contribution in [2.24, 2.45) is 5.41 Å². The molecule has 1 amide bonds. The number of hydrogen-bond acceptors (Lipinski definition) is 3. The van der Waals surface area contributed by atoms with Crippen LogP contribution in [0.15, 0.2) is 48.8 Å². The molecule has 5 rings (SSSR count). The van der Waals surface area contributed by atoms with E-state index in [1.165, 1.54) is 11.1 Å². The highest BCUT2D eigenvalue weighted by molar-refractivity contribution is 5.84. The van der Waals surface area contributed by atoms with Gasteiger partial charge in [0.25, 0.3) is 0 Å². The molecule has 0 N–H and O–H groups in total. The first kappa shape index (κ1) is 16.9. The Hall–Kier alpha value is -2.20. The van der Waals surface area contributed by atoms with E-state index in [-0.39, 0.29) is 5.41 Å². The maximum absolute atomic E-state index is 13.4. The van der Waals surface area contributed by atoms with Gasteiger partial charge >= 0.3 is 0 Å². The van der Waals surface area contributed by atoms with E-state index in [2.05, 4.69) is 45.1 Å². The molecule has 2 aromatic rings. The van der Waals surface area contributed by atoms with Gasteiger partial charge < -0.3 is 4.90 Å². The summed E-state index contributed by atoms with van der Waals surface area (Å²) in [4.78, 5) is 22.3. The van der Waals surface area contributed by atoms with Crippen molar-refractivity contribution in [3.63, 3.8) is 0 Å². The number of nitrogens with zero attached hydrogens (tertiary/aromatic N) is 3. The van der Waals surface area contributed by atoms with Crippen molar-refractivity contribution >= 4 is 5.91 Å². The molecule has 1 aromatic heterocycles. The molecule has 1 unspecified atom stereocenters. The summed E-state index contributed by atoms with van der Waals surface area (Å²) in [5, 5.41) is 0. The van der Waals surface area contributed by atoms with Crippen LogP contribution in [-0.2, 0) is 24.2 Å². The summed E-state index contributed by atoms with van der Waals surface area (Å²) in [6.07, 6.45) is 9.13. The lowest BCUT2D eigenvalue weighted by Crippen LogP contribution is -2.50. The van der Waals surface area contributed by atoms with Crippen molar-refractivity contribution in [3.05, 3.63) is 65.5 Å². The number of amides is 1. The van der Waals surface area contributed by atoms with Gasteiger partial charge in [-0.1, -0.05) is 30.3 Å². The molecule has 1 aliphatic carbocycles. The fraction of sp³-hybridized carbons (Fsp3) is 0.478. The molecule has 2 saturated heterocycles. The fourth-order valence-corrected chi connectivity index (χ4v) is 5.40. The van der Waals surface area contributed by atoms with Crippen LogP contribution in [-0.4, -0.2) is 46.4 Å². The molecule has 2 fully saturated rings. The second-order valence-electron chi connectivity index (χ2n) is 8.52. The Morgan fingerprint density at radius 1 is 1.04 bits per heavy atom. The minimum atomic E-state index is -0.158. The number of likely N-dealkylation sites (tertiary alicyclic amines) is 2. The van der Waals surface area contributed by atoms with Gasteiger partial charge in [0.2, 0.25) is 5.91 Å². The number of pyridine rings is 1. The zero-order valence-electron chi connectivity index (χ0n) is 15.8. The minimum absolute atomic E-state index is 0.158. The number of rotatable bonds is 3. The van der Waals surface area contributed by atoms with Gasteiger partial charge in [0, 0.05) is 38.1 Å². The molecule has 0 bridgehead atoms. The molecule has 0 radical (unpaired) electrons. The van der Waals surface area contributed by atoms with E-state index in [4.69, 9.17) is 0 Å². The lowest BCUT2D eigenvalue weighted by Gasteiger charge is -2.40. The second-order valence-corrected chi connectivity index (χ2v) is 8.52. The van der Waals surface area contributed by atoms with Crippen LogP contribution in [0.4, 0.5) is 0 Å². The van der Waals surface area contributed by atoms with Gasteiger partial charge in [0.05, 0.1) is 5.41 Å². The molecular weight excluding hydrogens is 334 g/mol. The van der Waals surface area contributed by atoms with E-state index in [1.54, 1.807) is 6.20 Å². The maximum Gasteiger partial charge on any atom is 0.230 e. The van der Waals surface area contributed by atoms with E-state index >= 15 is 0 Å². The van der Waals surface area contributed by atoms with Crippen LogP contribution in [0.2, 0.25) is 0 Å². The van der Waals surface area contributed by atoms with Crippen molar-refractivity contribution in [3.8, 4) is 0 Å². The van der Waals surface area contributed by atoms with Gasteiger partial charge in [-0.3, -0.25) is 14.7 Å². The molecule has 2 aliphatic heterocycles. The van der Waals surface area contributed by atoms with Crippen LogP contribution in [0.25, 0.3) is 0 Å². The van der Waals surface area contributed by atoms with E-state index in [0.29, 0.717) is 18.5 Å². The topological polar surface area (TPSA) is 36.4 Å².